The maximum atomic E-state index is 13.0. The topological polar surface area (TPSA) is 91.2 Å². The molecule has 38 heavy (non-hydrogen) atoms. The van der Waals surface area contributed by atoms with Gasteiger partial charge in [-0.15, -0.1) is 0 Å². The third-order valence-corrected chi connectivity index (χ3v) is 8.83. The highest BCUT2D eigenvalue weighted by Crippen LogP contribution is 2.35. The molecular weight excluding hydrogens is 476 g/mol. The van der Waals surface area contributed by atoms with Gasteiger partial charge in [-0.25, -0.2) is 9.97 Å². The molecular formula is C29H40N8O. The molecule has 0 radical (unpaired) electrons. The number of carbonyl (C=O) groups is 1. The van der Waals surface area contributed by atoms with E-state index in [4.69, 9.17) is 4.98 Å². The average molecular weight is 517 g/mol. The maximum absolute atomic E-state index is 13.0. The second-order valence-electron chi connectivity index (χ2n) is 11.4. The Morgan fingerprint density at radius 3 is 2.39 bits per heavy atom. The molecule has 9 nitrogen and oxygen atoms in total. The minimum absolute atomic E-state index is 0.00134. The SMILES string of the molecule is CN(C)C(=O)c1cc2cnc(Nc3ccc(N4CCC(C5CCNCC5)CC4)cn3)nc2n1C1CCCC1. The molecule has 1 aliphatic carbocycles. The molecule has 0 spiro atoms. The quantitative estimate of drug-likeness (QED) is 0.495. The molecule has 2 saturated heterocycles. The first-order chi connectivity index (χ1) is 18.6. The summed E-state index contributed by atoms with van der Waals surface area (Å²) in [5.41, 5.74) is 2.68. The number of fused-ring (bicyclic) bond motifs is 1. The standard InChI is InChI=1S/C29H40N8O/c1-35(2)28(38)25-17-22-18-32-29(34-27(22)37(25)23-5-3-4-6-23)33-26-8-7-24(19-31-26)36-15-11-21(12-16-36)20-9-13-30-14-10-20/h7-8,17-21,23,30H,3-6,9-16H2,1-2H3,(H,31,32,33,34). The molecule has 3 aliphatic rings. The number of nitrogens with zero attached hydrogens (tertiary/aromatic N) is 6. The molecule has 5 heterocycles. The van der Waals surface area contributed by atoms with Crippen molar-refractivity contribution >= 4 is 34.4 Å². The fourth-order valence-electron chi connectivity index (χ4n) is 6.70. The Morgan fingerprint density at radius 2 is 1.71 bits per heavy atom. The summed E-state index contributed by atoms with van der Waals surface area (Å²) >= 11 is 0. The summed E-state index contributed by atoms with van der Waals surface area (Å²) in [6.45, 7) is 4.58. The monoisotopic (exact) mass is 516 g/mol. The number of nitrogens with one attached hydrogen (secondary N) is 2. The van der Waals surface area contributed by atoms with Crippen LogP contribution in [0.15, 0.2) is 30.6 Å². The molecule has 0 atom stereocenters. The zero-order chi connectivity index (χ0) is 26.1. The first kappa shape index (κ1) is 25.1. The summed E-state index contributed by atoms with van der Waals surface area (Å²) in [7, 11) is 3.59. The van der Waals surface area contributed by atoms with Gasteiger partial charge in [0.1, 0.15) is 17.2 Å². The Morgan fingerprint density at radius 1 is 0.974 bits per heavy atom. The molecule has 3 aromatic rings. The van der Waals surface area contributed by atoms with E-state index in [-0.39, 0.29) is 5.91 Å². The van der Waals surface area contributed by atoms with Crippen molar-refractivity contribution in [3.63, 3.8) is 0 Å². The molecule has 2 aliphatic heterocycles. The number of hydrogen-bond donors (Lipinski definition) is 2. The van der Waals surface area contributed by atoms with E-state index in [2.05, 4.69) is 36.1 Å². The van der Waals surface area contributed by atoms with E-state index in [1.165, 1.54) is 57.3 Å². The minimum Gasteiger partial charge on any atom is -0.370 e. The molecule has 3 aromatic heterocycles. The first-order valence-corrected chi connectivity index (χ1v) is 14.3. The van der Waals surface area contributed by atoms with Gasteiger partial charge in [0.05, 0.1) is 11.9 Å². The third-order valence-electron chi connectivity index (χ3n) is 8.83. The van der Waals surface area contributed by atoms with Crippen LogP contribution in [0, 0.1) is 11.8 Å². The first-order valence-electron chi connectivity index (χ1n) is 14.3. The highest BCUT2D eigenvalue weighted by atomic mass is 16.2. The predicted octanol–water partition coefficient (Wildman–Crippen LogP) is 4.60. The fourth-order valence-corrected chi connectivity index (χ4v) is 6.70. The molecule has 1 saturated carbocycles. The molecule has 0 aromatic carbocycles. The van der Waals surface area contributed by atoms with Gasteiger partial charge in [-0.1, -0.05) is 12.8 Å². The van der Waals surface area contributed by atoms with Crippen molar-refractivity contribution in [1.82, 2.24) is 29.7 Å². The lowest BCUT2D eigenvalue weighted by molar-refractivity contribution is 0.0815. The van der Waals surface area contributed by atoms with Gasteiger partial charge < -0.3 is 25.0 Å². The van der Waals surface area contributed by atoms with Crippen LogP contribution in [0.2, 0.25) is 0 Å². The number of amides is 1. The number of aromatic nitrogens is 4. The van der Waals surface area contributed by atoms with Gasteiger partial charge >= 0.3 is 0 Å². The lowest BCUT2D eigenvalue weighted by atomic mass is 9.79. The van der Waals surface area contributed by atoms with Crippen LogP contribution in [0.25, 0.3) is 11.0 Å². The van der Waals surface area contributed by atoms with E-state index in [0.29, 0.717) is 17.7 Å². The van der Waals surface area contributed by atoms with Crippen molar-refractivity contribution in [2.24, 2.45) is 11.8 Å². The van der Waals surface area contributed by atoms with Crippen LogP contribution in [0.1, 0.15) is 67.9 Å². The Labute approximate surface area is 225 Å². The predicted molar refractivity (Wildman–Crippen MR) is 151 cm³/mol. The van der Waals surface area contributed by atoms with Crippen LogP contribution < -0.4 is 15.5 Å². The van der Waals surface area contributed by atoms with Crippen molar-refractivity contribution in [1.29, 1.82) is 0 Å². The van der Waals surface area contributed by atoms with Crippen molar-refractivity contribution in [2.75, 3.05) is 50.5 Å². The fraction of sp³-hybridized carbons (Fsp3) is 0.586. The van der Waals surface area contributed by atoms with E-state index in [0.717, 1.165) is 54.6 Å². The van der Waals surface area contributed by atoms with Crippen LogP contribution in [0.3, 0.4) is 0 Å². The van der Waals surface area contributed by atoms with E-state index < -0.39 is 0 Å². The largest absolute Gasteiger partial charge is 0.370 e. The number of pyridine rings is 1. The lowest BCUT2D eigenvalue weighted by Crippen LogP contribution is -2.39. The highest BCUT2D eigenvalue weighted by molar-refractivity contribution is 5.97. The van der Waals surface area contributed by atoms with Gasteiger partial charge in [0.15, 0.2) is 0 Å². The zero-order valence-electron chi connectivity index (χ0n) is 22.7. The number of anilines is 3. The van der Waals surface area contributed by atoms with Crippen LogP contribution in [-0.2, 0) is 0 Å². The minimum atomic E-state index is 0.00134. The van der Waals surface area contributed by atoms with Gasteiger partial charge in [0.2, 0.25) is 5.95 Å². The van der Waals surface area contributed by atoms with Crippen molar-refractivity contribution < 1.29 is 4.79 Å². The van der Waals surface area contributed by atoms with Crippen LogP contribution >= 0.6 is 0 Å². The van der Waals surface area contributed by atoms with E-state index in [9.17, 15) is 4.79 Å². The normalized spacial score (nSPS) is 19.8. The summed E-state index contributed by atoms with van der Waals surface area (Å²) in [5.74, 6) is 2.99. The van der Waals surface area contributed by atoms with E-state index >= 15 is 0 Å². The van der Waals surface area contributed by atoms with Crippen molar-refractivity contribution in [3.05, 3.63) is 36.3 Å². The summed E-state index contributed by atoms with van der Waals surface area (Å²) in [5, 5.41) is 7.68. The summed E-state index contributed by atoms with van der Waals surface area (Å²) < 4.78 is 2.14. The Kier molecular flexibility index (Phi) is 7.19. The Bertz CT molecular complexity index is 1250. The number of carbonyl (C=O) groups excluding carboxylic acids is 1. The molecule has 9 heteroatoms. The van der Waals surface area contributed by atoms with Crippen LogP contribution in [0.5, 0.6) is 0 Å². The van der Waals surface area contributed by atoms with Gasteiger partial charge in [-0.05, 0) is 81.6 Å². The molecule has 202 valence electrons. The molecule has 2 N–H and O–H groups in total. The second-order valence-corrected chi connectivity index (χ2v) is 11.4. The van der Waals surface area contributed by atoms with Crippen molar-refractivity contribution in [2.45, 2.75) is 57.4 Å². The molecule has 0 unspecified atom stereocenters. The molecule has 0 bridgehead atoms. The second kappa shape index (κ2) is 10.9. The van der Waals surface area contributed by atoms with Crippen molar-refractivity contribution in [3.8, 4) is 0 Å². The zero-order valence-corrected chi connectivity index (χ0v) is 22.7. The summed E-state index contributed by atoms with van der Waals surface area (Å²) in [6.07, 6.45) is 13.5. The molecule has 6 rings (SSSR count). The number of hydrogen-bond acceptors (Lipinski definition) is 7. The molecule has 1 amide bonds. The highest BCUT2D eigenvalue weighted by Gasteiger charge is 2.28. The smallest absolute Gasteiger partial charge is 0.270 e. The van der Waals surface area contributed by atoms with Crippen LogP contribution in [0.4, 0.5) is 17.5 Å². The molecule has 3 fully saturated rings. The van der Waals surface area contributed by atoms with Crippen LogP contribution in [-0.4, -0.2) is 70.6 Å². The van der Waals surface area contributed by atoms with Gasteiger partial charge in [-0.2, -0.15) is 4.98 Å². The Balaban J connectivity index is 1.16. The maximum Gasteiger partial charge on any atom is 0.270 e. The number of piperidine rings is 2. The summed E-state index contributed by atoms with van der Waals surface area (Å²) in [6, 6.07) is 6.39. The third kappa shape index (κ3) is 5.08. The van der Waals surface area contributed by atoms with E-state index in [1.807, 2.05) is 24.5 Å². The van der Waals surface area contributed by atoms with Gasteiger partial charge in [-0.3, -0.25) is 4.79 Å². The lowest BCUT2D eigenvalue weighted by Gasteiger charge is -2.38. The Hall–Kier alpha value is -3.20. The number of rotatable bonds is 6. The summed E-state index contributed by atoms with van der Waals surface area (Å²) in [4.78, 5) is 31.1. The van der Waals surface area contributed by atoms with Gasteiger partial charge in [0.25, 0.3) is 5.91 Å². The average Bonchev–Trinajstić information content (AvgIpc) is 3.61. The van der Waals surface area contributed by atoms with Gasteiger partial charge in [0, 0.05) is 44.8 Å². The van der Waals surface area contributed by atoms with E-state index in [1.54, 1.807) is 19.0 Å².